The molecular formula is C23H28N2O. The molecule has 0 N–H and O–H groups in total. The monoisotopic (exact) mass is 348 g/mol. The van der Waals surface area contributed by atoms with E-state index in [1.54, 1.807) is 7.11 Å². The Labute approximate surface area is 156 Å². The largest absolute Gasteiger partial charge is 0.495 e. The average molecular weight is 348 g/mol. The lowest BCUT2D eigenvalue weighted by Crippen LogP contribution is -2.12. The Bertz CT molecular complexity index is 897. The van der Waals surface area contributed by atoms with E-state index in [-0.39, 0.29) is 0 Å². The van der Waals surface area contributed by atoms with Crippen molar-refractivity contribution in [2.75, 3.05) is 13.7 Å². The topological polar surface area (TPSA) is 26.5 Å². The summed E-state index contributed by atoms with van der Waals surface area (Å²) < 4.78 is 7.91. The van der Waals surface area contributed by atoms with Crippen LogP contribution < -0.4 is 10.1 Å². The second-order valence-corrected chi connectivity index (χ2v) is 6.61. The maximum absolute atomic E-state index is 5.66. The second kappa shape index (κ2) is 9.23. The lowest BCUT2D eigenvalue weighted by atomic mass is 10.1. The molecule has 0 saturated heterocycles. The molecule has 26 heavy (non-hydrogen) atoms. The van der Waals surface area contributed by atoms with Gasteiger partial charge in [0.25, 0.3) is 0 Å². The molecule has 136 valence electrons. The van der Waals surface area contributed by atoms with Gasteiger partial charge in [0.15, 0.2) is 0 Å². The Kier molecular flexibility index (Phi) is 6.48. The number of rotatable bonds is 8. The molecule has 2 aromatic carbocycles. The average Bonchev–Trinajstić information content (AvgIpc) is 2.69. The van der Waals surface area contributed by atoms with Crippen LogP contribution in [0.2, 0.25) is 0 Å². The van der Waals surface area contributed by atoms with Crippen molar-refractivity contribution in [3.8, 4) is 5.75 Å². The first-order chi connectivity index (χ1) is 12.8. The summed E-state index contributed by atoms with van der Waals surface area (Å²) in [4.78, 5) is 4.86. The normalized spacial score (nSPS) is 11.8. The Balaban J connectivity index is 1.99. The van der Waals surface area contributed by atoms with Crippen molar-refractivity contribution in [2.24, 2.45) is 4.99 Å². The number of fused-ring (bicyclic) bond motifs is 1. The first-order valence-corrected chi connectivity index (χ1v) is 9.54. The van der Waals surface area contributed by atoms with Crippen LogP contribution in [-0.2, 0) is 6.54 Å². The van der Waals surface area contributed by atoms with Crippen molar-refractivity contribution in [3.05, 3.63) is 71.7 Å². The Morgan fingerprint density at radius 3 is 2.54 bits per heavy atom. The van der Waals surface area contributed by atoms with Crippen LogP contribution in [0, 0.1) is 0 Å². The van der Waals surface area contributed by atoms with E-state index in [9.17, 15) is 0 Å². The summed E-state index contributed by atoms with van der Waals surface area (Å²) in [6.07, 6.45) is 7.07. The molecule has 3 nitrogen and oxygen atoms in total. The van der Waals surface area contributed by atoms with E-state index in [4.69, 9.17) is 9.73 Å². The van der Waals surface area contributed by atoms with Crippen LogP contribution in [0.5, 0.6) is 5.75 Å². The van der Waals surface area contributed by atoms with E-state index in [2.05, 4.69) is 54.1 Å². The fraction of sp³-hybridized carbons (Fsp3) is 0.348. The number of hydrogen-bond donors (Lipinski definition) is 0. The fourth-order valence-corrected chi connectivity index (χ4v) is 3.30. The summed E-state index contributed by atoms with van der Waals surface area (Å²) in [6.45, 7) is 3.93. The van der Waals surface area contributed by atoms with Crippen LogP contribution in [0.4, 0.5) is 0 Å². The minimum absolute atomic E-state index is 0.814. The van der Waals surface area contributed by atoms with E-state index in [0.29, 0.717) is 0 Å². The maximum Gasteiger partial charge on any atom is 0.143 e. The minimum atomic E-state index is 0.814. The third kappa shape index (κ3) is 4.34. The van der Waals surface area contributed by atoms with Crippen LogP contribution in [0.15, 0.2) is 65.8 Å². The summed E-state index contributed by atoms with van der Waals surface area (Å²) in [7, 11) is 1.73. The molecule has 0 amide bonds. The molecule has 0 spiro atoms. The van der Waals surface area contributed by atoms with Gasteiger partial charge in [-0.25, -0.2) is 0 Å². The predicted octanol–water partition coefficient (Wildman–Crippen LogP) is 5.18. The first-order valence-electron chi connectivity index (χ1n) is 9.54. The molecule has 1 heterocycles. The lowest BCUT2D eigenvalue weighted by Gasteiger charge is -2.14. The summed E-state index contributed by atoms with van der Waals surface area (Å²) >= 11 is 0. The van der Waals surface area contributed by atoms with Gasteiger partial charge >= 0.3 is 0 Å². The number of nitrogens with zero attached hydrogens (tertiary/aromatic N) is 2. The SMILES string of the molecule is CCCCCCN=c1ccn(Cc2ccccc2)c2c(OC)cccc12. The minimum Gasteiger partial charge on any atom is -0.495 e. The highest BCUT2D eigenvalue weighted by molar-refractivity contribution is 5.84. The summed E-state index contributed by atoms with van der Waals surface area (Å²) in [5, 5.41) is 2.21. The van der Waals surface area contributed by atoms with E-state index >= 15 is 0 Å². The third-order valence-electron chi connectivity index (χ3n) is 4.68. The molecule has 3 rings (SSSR count). The van der Waals surface area contributed by atoms with E-state index in [1.807, 2.05) is 18.2 Å². The molecule has 0 radical (unpaired) electrons. The van der Waals surface area contributed by atoms with Gasteiger partial charge < -0.3 is 9.30 Å². The number of unbranched alkanes of at least 4 members (excludes halogenated alkanes) is 3. The molecule has 0 aliphatic rings. The molecule has 0 aliphatic heterocycles. The first kappa shape index (κ1) is 18.2. The van der Waals surface area contributed by atoms with Gasteiger partial charge in [-0.1, -0.05) is 68.7 Å². The van der Waals surface area contributed by atoms with Crippen molar-refractivity contribution >= 4 is 10.9 Å². The molecular weight excluding hydrogens is 320 g/mol. The predicted molar refractivity (Wildman–Crippen MR) is 109 cm³/mol. The third-order valence-corrected chi connectivity index (χ3v) is 4.68. The summed E-state index contributed by atoms with van der Waals surface area (Å²) in [5.41, 5.74) is 2.38. The number of aromatic nitrogens is 1. The Morgan fingerprint density at radius 1 is 0.923 bits per heavy atom. The second-order valence-electron chi connectivity index (χ2n) is 6.61. The quantitative estimate of drug-likeness (QED) is 0.515. The molecule has 3 aromatic rings. The number of para-hydroxylation sites is 1. The molecule has 0 saturated carbocycles. The number of pyridine rings is 1. The zero-order valence-electron chi connectivity index (χ0n) is 15.8. The summed E-state index contributed by atoms with van der Waals surface area (Å²) in [5.74, 6) is 0.890. The summed E-state index contributed by atoms with van der Waals surface area (Å²) in [6, 6.07) is 18.9. The van der Waals surface area contributed by atoms with Crippen LogP contribution in [0.1, 0.15) is 38.2 Å². The van der Waals surface area contributed by atoms with Gasteiger partial charge in [0.2, 0.25) is 0 Å². The van der Waals surface area contributed by atoms with Gasteiger partial charge in [-0.05, 0) is 24.1 Å². The van der Waals surface area contributed by atoms with Crippen LogP contribution >= 0.6 is 0 Å². The van der Waals surface area contributed by atoms with Gasteiger partial charge in [-0.2, -0.15) is 0 Å². The number of methoxy groups -OCH3 is 1. The Hall–Kier alpha value is -2.55. The molecule has 1 aromatic heterocycles. The molecule has 0 atom stereocenters. The molecule has 3 heteroatoms. The number of ether oxygens (including phenoxy) is 1. The van der Waals surface area contributed by atoms with Gasteiger partial charge in [-0.15, -0.1) is 0 Å². The van der Waals surface area contributed by atoms with Crippen molar-refractivity contribution < 1.29 is 4.74 Å². The number of hydrogen-bond acceptors (Lipinski definition) is 2. The zero-order chi connectivity index (χ0) is 18.2. The highest BCUT2D eigenvalue weighted by atomic mass is 16.5. The van der Waals surface area contributed by atoms with Crippen molar-refractivity contribution in [3.63, 3.8) is 0 Å². The van der Waals surface area contributed by atoms with E-state index < -0.39 is 0 Å². The van der Waals surface area contributed by atoms with Gasteiger partial charge in [0.05, 0.1) is 18.0 Å². The maximum atomic E-state index is 5.66. The van der Waals surface area contributed by atoms with Crippen LogP contribution in [-0.4, -0.2) is 18.2 Å². The zero-order valence-corrected chi connectivity index (χ0v) is 15.8. The van der Waals surface area contributed by atoms with Gasteiger partial charge in [0, 0.05) is 24.7 Å². The molecule has 0 unspecified atom stereocenters. The molecule has 0 bridgehead atoms. The van der Waals surface area contributed by atoms with Gasteiger partial charge in [-0.3, -0.25) is 4.99 Å². The van der Waals surface area contributed by atoms with Crippen molar-refractivity contribution in [1.29, 1.82) is 0 Å². The smallest absolute Gasteiger partial charge is 0.143 e. The lowest BCUT2D eigenvalue weighted by molar-refractivity contribution is 0.417. The van der Waals surface area contributed by atoms with E-state index in [1.165, 1.54) is 24.8 Å². The molecule has 0 aliphatic carbocycles. The van der Waals surface area contributed by atoms with Crippen molar-refractivity contribution in [2.45, 2.75) is 39.2 Å². The standard InChI is InChI=1S/C23H28N2O/c1-3-4-5-9-16-24-21-15-17-25(18-19-11-7-6-8-12-19)23-20(21)13-10-14-22(23)26-2/h6-8,10-15,17H,3-5,9,16,18H2,1-2H3. The van der Waals surface area contributed by atoms with Crippen LogP contribution in [0.3, 0.4) is 0 Å². The Morgan fingerprint density at radius 2 is 1.77 bits per heavy atom. The fourth-order valence-electron chi connectivity index (χ4n) is 3.30. The van der Waals surface area contributed by atoms with Crippen LogP contribution in [0.25, 0.3) is 10.9 Å². The van der Waals surface area contributed by atoms with Gasteiger partial charge in [0.1, 0.15) is 5.75 Å². The molecule has 0 fully saturated rings. The number of benzene rings is 2. The van der Waals surface area contributed by atoms with Crippen molar-refractivity contribution in [1.82, 2.24) is 4.57 Å². The van der Waals surface area contributed by atoms with E-state index in [0.717, 1.165) is 41.5 Å². The highest BCUT2D eigenvalue weighted by Crippen LogP contribution is 2.24. The highest BCUT2D eigenvalue weighted by Gasteiger charge is 2.08.